The van der Waals surface area contributed by atoms with Gasteiger partial charge in [0.15, 0.2) is 0 Å². The van der Waals surface area contributed by atoms with E-state index in [0.29, 0.717) is 19.1 Å². The first-order chi connectivity index (χ1) is 7.90. The van der Waals surface area contributed by atoms with Gasteiger partial charge in [-0.05, 0) is 5.57 Å². The van der Waals surface area contributed by atoms with Crippen molar-refractivity contribution in [3.63, 3.8) is 0 Å². The van der Waals surface area contributed by atoms with E-state index in [4.69, 9.17) is 11.6 Å². The van der Waals surface area contributed by atoms with E-state index < -0.39 is 11.2 Å². The lowest BCUT2D eigenvalue weighted by Gasteiger charge is -2.11. The van der Waals surface area contributed by atoms with Gasteiger partial charge in [0.05, 0.1) is 0 Å². The second kappa shape index (κ2) is 5.84. The van der Waals surface area contributed by atoms with Crippen LogP contribution in [-0.4, -0.2) is 22.1 Å². The highest BCUT2D eigenvalue weighted by Crippen LogP contribution is 1.99. The zero-order valence-electron chi connectivity index (χ0n) is 9.92. The first kappa shape index (κ1) is 13.7. The molecule has 0 aromatic carbocycles. The lowest BCUT2D eigenvalue weighted by Crippen LogP contribution is -2.32. The van der Waals surface area contributed by atoms with Crippen molar-refractivity contribution in [2.45, 2.75) is 26.4 Å². The molecule has 0 aliphatic heterocycles. The minimum atomic E-state index is -0.571. The molecule has 0 fully saturated rings. The van der Waals surface area contributed by atoms with Crippen LogP contribution < -0.4 is 16.6 Å². The van der Waals surface area contributed by atoms with Crippen LogP contribution in [0.5, 0.6) is 0 Å². The van der Waals surface area contributed by atoms with Gasteiger partial charge < -0.3 is 5.32 Å². The highest BCUT2D eigenvalue weighted by molar-refractivity contribution is 6.30. The molecular formula is C11H16ClN3O2. The summed E-state index contributed by atoms with van der Waals surface area (Å²) in [7, 11) is 0. The van der Waals surface area contributed by atoms with Crippen LogP contribution in [0, 0.1) is 0 Å². The number of aromatic nitrogens is 2. The number of nitrogens with zero attached hydrogens (tertiary/aromatic N) is 1. The summed E-state index contributed by atoms with van der Waals surface area (Å²) in [5.41, 5.74) is -0.215. The van der Waals surface area contributed by atoms with E-state index in [2.05, 4.69) is 16.9 Å². The maximum Gasteiger partial charge on any atom is 0.328 e. The molecule has 1 aromatic heterocycles. The van der Waals surface area contributed by atoms with Crippen LogP contribution in [0.2, 0.25) is 5.02 Å². The Kier molecular flexibility index (Phi) is 4.72. The number of nitrogens with one attached hydrogen (secondary N) is 2. The molecule has 0 atom stereocenters. The van der Waals surface area contributed by atoms with E-state index in [1.54, 1.807) is 0 Å². The van der Waals surface area contributed by atoms with Crippen LogP contribution in [0.4, 0.5) is 0 Å². The van der Waals surface area contributed by atoms with Gasteiger partial charge in [0.1, 0.15) is 5.02 Å². The first-order valence-corrected chi connectivity index (χ1v) is 5.67. The Bertz CT molecular complexity index is 516. The van der Waals surface area contributed by atoms with E-state index in [0.717, 1.165) is 5.57 Å². The van der Waals surface area contributed by atoms with Gasteiger partial charge >= 0.3 is 5.69 Å². The molecule has 0 bridgehead atoms. The number of hydrogen-bond acceptors (Lipinski definition) is 3. The molecule has 1 heterocycles. The fourth-order valence-corrected chi connectivity index (χ4v) is 1.41. The highest BCUT2D eigenvalue weighted by Gasteiger charge is 2.04. The minimum absolute atomic E-state index is 0.00535. The number of hydrogen-bond donors (Lipinski definition) is 2. The van der Waals surface area contributed by atoms with Gasteiger partial charge in [-0.25, -0.2) is 4.79 Å². The quantitative estimate of drug-likeness (QED) is 0.765. The third-order valence-electron chi connectivity index (χ3n) is 2.12. The van der Waals surface area contributed by atoms with Crippen molar-refractivity contribution in [3.05, 3.63) is 44.2 Å². The van der Waals surface area contributed by atoms with E-state index in [1.165, 1.54) is 10.8 Å². The van der Waals surface area contributed by atoms with E-state index in [1.807, 2.05) is 13.8 Å². The van der Waals surface area contributed by atoms with Gasteiger partial charge in [0.2, 0.25) is 0 Å². The fourth-order valence-electron chi connectivity index (χ4n) is 1.25. The number of H-pyrrole nitrogens is 1. The Hall–Kier alpha value is -1.33. The van der Waals surface area contributed by atoms with Crippen LogP contribution in [0.15, 0.2) is 27.9 Å². The zero-order chi connectivity index (χ0) is 13.0. The fraction of sp³-hybridized carbons (Fsp3) is 0.455. The standard InChI is InChI=1S/C11H16ClN3O2/c1-7(2)13-4-8(3)5-15-6-9(12)10(16)14-11(15)17/h6-7,13H,3-5H2,1-2H3,(H,14,16,17). The Morgan fingerprint density at radius 2 is 2.24 bits per heavy atom. The molecule has 0 amide bonds. The smallest absolute Gasteiger partial charge is 0.311 e. The Morgan fingerprint density at radius 1 is 1.59 bits per heavy atom. The Balaban J connectivity index is 2.75. The maximum atomic E-state index is 11.5. The van der Waals surface area contributed by atoms with Crippen molar-refractivity contribution in [2.24, 2.45) is 0 Å². The summed E-state index contributed by atoms with van der Waals surface area (Å²) in [6.45, 7) is 8.85. The monoisotopic (exact) mass is 257 g/mol. The number of aromatic amines is 1. The van der Waals surface area contributed by atoms with Gasteiger partial charge in [0.25, 0.3) is 5.56 Å². The SMILES string of the molecule is C=C(CNC(C)C)Cn1cc(Cl)c(=O)[nH]c1=O. The molecule has 6 heteroatoms. The predicted octanol–water partition coefficient (Wildman–Crippen LogP) is 0.744. The van der Waals surface area contributed by atoms with Crippen LogP contribution in [0.1, 0.15) is 13.8 Å². The summed E-state index contributed by atoms with van der Waals surface area (Å²) in [5.74, 6) is 0. The summed E-state index contributed by atoms with van der Waals surface area (Å²) < 4.78 is 1.33. The maximum absolute atomic E-state index is 11.5. The number of rotatable bonds is 5. The third kappa shape index (κ3) is 4.20. The van der Waals surface area contributed by atoms with E-state index >= 15 is 0 Å². The van der Waals surface area contributed by atoms with Gasteiger partial charge in [-0.1, -0.05) is 32.0 Å². The van der Waals surface area contributed by atoms with Gasteiger partial charge in [0, 0.05) is 25.3 Å². The third-order valence-corrected chi connectivity index (χ3v) is 2.39. The Labute approximate surface area is 104 Å². The second-order valence-electron chi connectivity index (χ2n) is 4.15. The van der Waals surface area contributed by atoms with Gasteiger partial charge in [-0.2, -0.15) is 0 Å². The van der Waals surface area contributed by atoms with Gasteiger partial charge in [-0.3, -0.25) is 14.3 Å². The summed E-state index contributed by atoms with van der Waals surface area (Å²) in [4.78, 5) is 24.6. The topological polar surface area (TPSA) is 66.9 Å². The second-order valence-corrected chi connectivity index (χ2v) is 4.56. The molecule has 5 nitrogen and oxygen atoms in total. The normalized spacial score (nSPS) is 10.8. The first-order valence-electron chi connectivity index (χ1n) is 5.29. The average Bonchev–Trinajstić information content (AvgIpc) is 2.23. The molecule has 94 valence electrons. The van der Waals surface area contributed by atoms with Crippen molar-refractivity contribution in [2.75, 3.05) is 6.54 Å². The van der Waals surface area contributed by atoms with Crippen LogP contribution >= 0.6 is 11.6 Å². The molecular weight excluding hydrogens is 242 g/mol. The molecule has 1 rings (SSSR count). The average molecular weight is 258 g/mol. The van der Waals surface area contributed by atoms with Crippen molar-refractivity contribution in [1.29, 1.82) is 0 Å². The van der Waals surface area contributed by atoms with E-state index in [-0.39, 0.29) is 5.02 Å². The molecule has 0 saturated heterocycles. The van der Waals surface area contributed by atoms with Crippen LogP contribution in [0.3, 0.4) is 0 Å². The van der Waals surface area contributed by atoms with Crippen molar-refractivity contribution in [1.82, 2.24) is 14.9 Å². The summed E-state index contributed by atoms with van der Waals surface area (Å²) >= 11 is 5.65. The van der Waals surface area contributed by atoms with Crippen molar-refractivity contribution in [3.8, 4) is 0 Å². The van der Waals surface area contributed by atoms with Gasteiger partial charge in [-0.15, -0.1) is 0 Å². The van der Waals surface area contributed by atoms with E-state index in [9.17, 15) is 9.59 Å². The van der Waals surface area contributed by atoms with Crippen LogP contribution in [0.25, 0.3) is 0 Å². The molecule has 1 aromatic rings. The molecule has 0 aliphatic carbocycles. The largest absolute Gasteiger partial charge is 0.328 e. The van der Waals surface area contributed by atoms with Crippen molar-refractivity contribution >= 4 is 11.6 Å². The molecule has 0 unspecified atom stereocenters. The highest BCUT2D eigenvalue weighted by atomic mass is 35.5. The predicted molar refractivity (Wildman–Crippen MR) is 68.6 cm³/mol. The lowest BCUT2D eigenvalue weighted by atomic mass is 10.2. The van der Waals surface area contributed by atoms with Crippen LogP contribution in [-0.2, 0) is 6.54 Å². The summed E-state index contributed by atoms with van der Waals surface area (Å²) in [6, 6.07) is 0.350. The summed E-state index contributed by atoms with van der Waals surface area (Å²) in [5, 5.41) is 3.19. The molecule has 2 N–H and O–H groups in total. The minimum Gasteiger partial charge on any atom is -0.311 e. The molecule has 0 aliphatic rings. The zero-order valence-corrected chi connectivity index (χ0v) is 10.7. The molecule has 0 radical (unpaired) electrons. The summed E-state index contributed by atoms with van der Waals surface area (Å²) in [6.07, 6.45) is 1.32. The molecule has 0 spiro atoms. The Morgan fingerprint density at radius 3 is 2.82 bits per heavy atom. The van der Waals surface area contributed by atoms with Crippen molar-refractivity contribution < 1.29 is 0 Å². The number of halogens is 1. The molecule has 17 heavy (non-hydrogen) atoms. The molecule has 0 saturated carbocycles. The lowest BCUT2D eigenvalue weighted by molar-refractivity contribution is 0.596.